The zero-order valence-electron chi connectivity index (χ0n) is 12.4. The van der Waals surface area contributed by atoms with Gasteiger partial charge in [0.2, 0.25) is 5.91 Å². The molecule has 5 heteroatoms. The summed E-state index contributed by atoms with van der Waals surface area (Å²) in [4.78, 5) is 12.1. The second kappa shape index (κ2) is 7.82. The average molecular weight is 272 g/mol. The quantitative estimate of drug-likeness (QED) is 0.637. The molecule has 3 unspecified atom stereocenters. The van der Waals surface area contributed by atoms with Gasteiger partial charge in [0.05, 0.1) is 11.6 Å². The number of hydrogen-bond donors (Lipinski definition) is 3. The molecule has 19 heavy (non-hydrogen) atoms. The Morgan fingerprint density at radius 2 is 2.32 bits per heavy atom. The van der Waals surface area contributed by atoms with E-state index >= 15 is 0 Å². The van der Waals surface area contributed by atoms with Gasteiger partial charge in [-0.25, -0.2) is 0 Å². The molecule has 0 bridgehead atoms. The highest BCUT2D eigenvalue weighted by atomic mass is 16.5. The second-order valence-electron chi connectivity index (χ2n) is 5.76. The first kappa shape index (κ1) is 16.4. The molecular formula is C14H28N2O3. The summed E-state index contributed by atoms with van der Waals surface area (Å²) in [7, 11) is 1.60. The molecule has 5 nitrogen and oxygen atoms in total. The average Bonchev–Trinajstić information content (AvgIpc) is 2.43. The van der Waals surface area contributed by atoms with E-state index < -0.39 is 5.60 Å². The number of nitrogens with one attached hydrogen (secondary N) is 2. The Morgan fingerprint density at radius 1 is 1.58 bits per heavy atom. The Kier molecular flexibility index (Phi) is 6.75. The van der Waals surface area contributed by atoms with Gasteiger partial charge in [-0.05, 0) is 32.2 Å². The fourth-order valence-corrected chi connectivity index (χ4v) is 2.38. The molecule has 1 fully saturated rings. The zero-order valence-corrected chi connectivity index (χ0v) is 12.4. The molecule has 0 aromatic rings. The van der Waals surface area contributed by atoms with E-state index in [4.69, 9.17) is 4.74 Å². The fraction of sp³-hybridized carbons (Fsp3) is 0.929. The van der Waals surface area contributed by atoms with Gasteiger partial charge in [-0.3, -0.25) is 4.79 Å². The Morgan fingerprint density at radius 3 is 2.95 bits per heavy atom. The lowest BCUT2D eigenvalue weighted by atomic mass is 9.90. The van der Waals surface area contributed by atoms with Crippen LogP contribution in [-0.2, 0) is 9.53 Å². The monoisotopic (exact) mass is 272 g/mol. The summed E-state index contributed by atoms with van der Waals surface area (Å²) in [5.41, 5.74) is -0.912. The minimum Gasteiger partial charge on any atom is -0.388 e. The van der Waals surface area contributed by atoms with E-state index in [9.17, 15) is 9.90 Å². The third-order valence-corrected chi connectivity index (χ3v) is 3.89. The maximum absolute atomic E-state index is 12.1. The normalized spacial score (nSPS) is 26.7. The molecule has 3 atom stereocenters. The van der Waals surface area contributed by atoms with Gasteiger partial charge in [-0.2, -0.15) is 0 Å². The lowest BCUT2D eigenvalue weighted by Gasteiger charge is -2.30. The first-order valence-electron chi connectivity index (χ1n) is 7.21. The SMILES string of the molecule is CCC1CCNC(C(=O)NCC(C)(O)CCOC)C1. The maximum atomic E-state index is 12.1. The van der Waals surface area contributed by atoms with Crippen LogP contribution < -0.4 is 10.6 Å². The van der Waals surface area contributed by atoms with E-state index in [-0.39, 0.29) is 18.5 Å². The van der Waals surface area contributed by atoms with E-state index in [0.29, 0.717) is 18.9 Å². The van der Waals surface area contributed by atoms with Crippen LogP contribution in [0.15, 0.2) is 0 Å². The Hall–Kier alpha value is -0.650. The zero-order chi connectivity index (χ0) is 14.3. The van der Waals surface area contributed by atoms with Crippen LogP contribution in [0.1, 0.15) is 39.5 Å². The van der Waals surface area contributed by atoms with Crippen molar-refractivity contribution in [1.29, 1.82) is 0 Å². The van der Waals surface area contributed by atoms with Gasteiger partial charge in [0.25, 0.3) is 0 Å². The van der Waals surface area contributed by atoms with Crippen LogP contribution in [0, 0.1) is 5.92 Å². The summed E-state index contributed by atoms with van der Waals surface area (Å²) in [6.07, 6.45) is 3.67. The highest BCUT2D eigenvalue weighted by Crippen LogP contribution is 2.19. The third-order valence-electron chi connectivity index (χ3n) is 3.89. The molecule has 1 heterocycles. The molecule has 0 spiro atoms. The van der Waals surface area contributed by atoms with Crippen LogP contribution in [0.4, 0.5) is 0 Å². The molecule has 1 aliphatic heterocycles. The van der Waals surface area contributed by atoms with Gasteiger partial charge < -0.3 is 20.5 Å². The Balaban J connectivity index is 2.34. The van der Waals surface area contributed by atoms with Gasteiger partial charge >= 0.3 is 0 Å². The predicted octanol–water partition coefficient (Wildman–Crippen LogP) is 0.668. The molecule has 1 aliphatic rings. The third kappa shape index (κ3) is 5.89. The minimum absolute atomic E-state index is 0.00385. The largest absolute Gasteiger partial charge is 0.388 e. The molecule has 1 amide bonds. The van der Waals surface area contributed by atoms with Crippen LogP contribution >= 0.6 is 0 Å². The molecule has 0 radical (unpaired) electrons. The van der Waals surface area contributed by atoms with Crippen molar-refractivity contribution >= 4 is 5.91 Å². The number of carbonyl (C=O) groups is 1. The van der Waals surface area contributed by atoms with Crippen molar-refractivity contribution in [2.45, 2.75) is 51.2 Å². The first-order chi connectivity index (χ1) is 8.98. The minimum atomic E-state index is -0.912. The van der Waals surface area contributed by atoms with E-state index in [0.717, 1.165) is 25.8 Å². The lowest BCUT2D eigenvalue weighted by Crippen LogP contribution is -2.51. The van der Waals surface area contributed by atoms with Crippen molar-refractivity contribution < 1.29 is 14.6 Å². The smallest absolute Gasteiger partial charge is 0.237 e. The molecule has 0 saturated carbocycles. The summed E-state index contributed by atoms with van der Waals surface area (Å²) in [5.74, 6) is 0.627. The molecule has 112 valence electrons. The number of methoxy groups -OCH3 is 1. The lowest BCUT2D eigenvalue weighted by molar-refractivity contribution is -0.125. The summed E-state index contributed by atoms with van der Waals surface area (Å²) < 4.78 is 4.94. The van der Waals surface area contributed by atoms with Gasteiger partial charge in [0.15, 0.2) is 0 Å². The number of ether oxygens (including phenoxy) is 1. The van der Waals surface area contributed by atoms with Crippen molar-refractivity contribution in [2.24, 2.45) is 5.92 Å². The van der Waals surface area contributed by atoms with Crippen molar-refractivity contribution in [3.8, 4) is 0 Å². The molecular weight excluding hydrogens is 244 g/mol. The summed E-state index contributed by atoms with van der Waals surface area (Å²) >= 11 is 0. The van der Waals surface area contributed by atoms with Crippen molar-refractivity contribution in [2.75, 3.05) is 26.8 Å². The highest BCUT2D eigenvalue weighted by Gasteiger charge is 2.27. The highest BCUT2D eigenvalue weighted by molar-refractivity contribution is 5.81. The Bertz CT molecular complexity index is 282. The number of piperidine rings is 1. The van der Waals surface area contributed by atoms with Crippen molar-refractivity contribution in [3.05, 3.63) is 0 Å². The predicted molar refractivity (Wildman–Crippen MR) is 74.9 cm³/mol. The van der Waals surface area contributed by atoms with Crippen LogP contribution in [0.3, 0.4) is 0 Å². The molecule has 0 aromatic heterocycles. The standard InChI is InChI=1S/C14H28N2O3/c1-4-11-5-7-15-12(9-11)13(17)16-10-14(2,18)6-8-19-3/h11-12,15,18H,4-10H2,1-3H3,(H,16,17). The van der Waals surface area contributed by atoms with Gasteiger partial charge in [-0.1, -0.05) is 13.3 Å². The Labute approximate surface area is 116 Å². The molecule has 0 aliphatic carbocycles. The first-order valence-corrected chi connectivity index (χ1v) is 7.21. The van der Waals surface area contributed by atoms with Crippen LogP contribution in [0.25, 0.3) is 0 Å². The molecule has 3 N–H and O–H groups in total. The van der Waals surface area contributed by atoms with Crippen LogP contribution in [-0.4, -0.2) is 49.5 Å². The van der Waals surface area contributed by atoms with Crippen molar-refractivity contribution in [3.63, 3.8) is 0 Å². The van der Waals surface area contributed by atoms with E-state index in [1.165, 1.54) is 0 Å². The second-order valence-corrected chi connectivity index (χ2v) is 5.76. The maximum Gasteiger partial charge on any atom is 0.237 e. The molecule has 1 saturated heterocycles. The van der Waals surface area contributed by atoms with Crippen LogP contribution in [0.5, 0.6) is 0 Å². The van der Waals surface area contributed by atoms with E-state index in [2.05, 4.69) is 17.6 Å². The van der Waals surface area contributed by atoms with Gasteiger partial charge in [0, 0.05) is 26.7 Å². The van der Waals surface area contributed by atoms with Crippen LogP contribution in [0.2, 0.25) is 0 Å². The number of amides is 1. The molecule has 0 aromatic carbocycles. The van der Waals surface area contributed by atoms with Crippen molar-refractivity contribution in [1.82, 2.24) is 10.6 Å². The van der Waals surface area contributed by atoms with Gasteiger partial charge in [-0.15, -0.1) is 0 Å². The summed E-state index contributed by atoms with van der Waals surface area (Å²) in [5, 5.41) is 16.2. The molecule has 1 rings (SSSR count). The summed E-state index contributed by atoms with van der Waals surface area (Å²) in [6.45, 7) is 5.54. The van der Waals surface area contributed by atoms with Gasteiger partial charge in [0.1, 0.15) is 0 Å². The number of hydrogen-bond acceptors (Lipinski definition) is 4. The van der Waals surface area contributed by atoms with E-state index in [1.54, 1.807) is 14.0 Å². The summed E-state index contributed by atoms with van der Waals surface area (Å²) in [6, 6.07) is -0.114. The number of carbonyl (C=O) groups excluding carboxylic acids is 1. The number of rotatable bonds is 7. The topological polar surface area (TPSA) is 70.6 Å². The van der Waals surface area contributed by atoms with E-state index in [1.807, 2.05) is 0 Å². The fourth-order valence-electron chi connectivity index (χ4n) is 2.38. The number of aliphatic hydroxyl groups is 1.